The molecule has 0 saturated heterocycles. The van der Waals surface area contributed by atoms with Crippen molar-refractivity contribution in [1.82, 2.24) is 19.9 Å². The number of nitrogens with zero attached hydrogens (tertiary/aromatic N) is 6. The molecule has 6 aromatic rings. The van der Waals surface area contributed by atoms with Crippen LogP contribution in [0.1, 0.15) is 30.1 Å². The molecule has 2 aliphatic rings. The van der Waals surface area contributed by atoms with Gasteiger partial charge in [-0.3, -0.25) is 20.2 Å². The molecule has 298 valence electrons. The molecule has 4 aromatic heterocycles. The van der Waals surface area contributed by atoms with E-state index in [1.807, 2.05) is 0 Å². The Labute approximate surface area is 336 Å². The fourth-order valence-corrected chi connectivity index (χ4v) is 7.92. The van der Waals surface area contributed by atoms with Gasteiger partial charge >= 0.3 is 0 Å². The van der Waals surface area contributed by atoms with Crippen LogP contribution in [0.3, 0.4) is 0 Å². The molecule has 58 heavy (non-hydrogen) atoms. The van der Waals surface area contributed by atoms with Gasteiger partial charge in [-0.05, 0) is 66.9 Å². The summed E-state index contributed by atoms with van der Waals surface area (Å²) in [5.74, 6) is -1.91. The summed E-state index contributed by atoms with van der Waals surface area (Å²) in [4.78, 5) is 45.3. The number of hydrogen-bond acceptors (Lipinski definition) is 12. The van der Waals surface area contributed by atoms with E-state index in [1.54, 1.807) is 40.3 Å². The summed E-state index contributed by atoms with van der Waals surface area (Å²) in [6.07, 6.45) is 7.53. The van der Waals surface area contributed by atoms with Gasteiger partial charge in [0.05, 0.1) is 27.0 Å². The highest BCUT2D eigenvalue weighted by Gasteiger charge is 2.23. The Hall–Kier alpha value is -6.08. The second-order valence-corrected chi connectivity index (χ2v) is 15.1. The number of carbonyl (C=O) groups excluding carboxylic acids is 2. The number of thiazole rings is 2. The van der Waals surface area contributed by atoms with Crippen molar-refractivity contribution in [1.29, 1.82) is 0 Å². The maximum atomic E-state index is 14.4. The van der Waals surface area contributed by atoms with Crippen LogP contribution < -0.4 is 20.4 Å². The van der Waals surface area contributed by atoms with Crippen LogP contribution in [-0.2, 0) is 9.59 Å². The van der Waals surface area contributed by atoms with Crippen LogP contribution in [0, 0.1) is 23.3 Å². The first-order valence-electron chi connectivity index (χ1n) is 17.8. The number of amides is 2. The summed E-state index contributed by atoms with van der Waals surface area (Å²) in [5, 5.41) is 24.8. The first-order valence-corrected chi connectivity index (χ1v) is 19.5. The van der Waals surface area contributed by atoms with E-state index in [4.69, 9.17) is 5.11 Å². The third kappa shape index (κ3) is 9.21. The van der Waals surface area contributed by atoms with Crippen LogP contribution in [0.4, 0.5) is 39.5 Å². The predicted octanol–water partition coefficient (Wildman–Crippen LogP) is 7.16. The summed E-state index contributed by atoms with van der Waals surface area (Å²) in [6, 6.07) is 11.1. The van der Waals surface area contributed by atoms with E-state index in [-0.39, 0.29) is 40.6 Å². The number of carbonyl (C=O) groups is 2. The molecule has 18 heteroatoms. The Bertz CT molecular complexity index is 2600. The molecule has 8 rings (SSSR count). The van der Waals surface area contributed by atoms with Crippen LogP contribution >= 0.6 is 22.7 Å². The number of aromatic nitrogens is 4. The lowest BCUT2D eigenvalue weighted by atomic mass is 10.1. The number of rotatable bonds is 9. The lowest BCUT2D eigenvalue weighted by molar-refractivity contribution is -0.113. The number of anilines is 4. The normalized spacial score (nSPS) is 14.7. The average molecular weight is 831 g/mol. The number of halogens is 4. The number of aliphatic hydroxyl groups excluding tert-OH is 2. The molecule has 2 aromatic carbocycles. The second-order valence-electron chi connectivity index (χ2n) is 13.1. The Morgan fingerprint density at radius 1 is 0.776 bits per heavy atom. The summed E-state index contributed by atoms with van der Waals surface area (Å²) >= 11 is 2.41. The van der Waals surface area contributed by atoms with Gasteiger partial charge in [0.1, 0.15) is 17.7 Å². The summed E-state index contributed by atoms with van der Waals surface area (Å²) < 4.78 is 56.5. The maximum absolute atomic E-state index is 14.4. The molecular weight excluding hydrogens is 797 g/mol. The van der Waals surface area contributed by atoms with Crippen molar-refractivity contribution < 1.29 is 37.4 Å². The van der Waals surface area contributed by atoms with Gasteiger partial charge in [-0.25, -0.2) is 37.5 Å². The topological polar surface area (TPSA) is 157 Å². The minimum absolute atomic E-state index is 0.118. The number of aliphatic hydroxyl groups is 2. The average Bonchev–Trinajstić information content (AvgIpc) is 3.82. The zero-order valence-corrected chi connectivity index (χ0v) is 32.1. The zero-order chi connectivity index (χ0) is 40.9. The molecule has 4 N–H and O–H groups in total. The van der Waals surface area contributed by atoms with E-state index in [0.717, 1.165) is 6.07 Å². The van der Waals surface area contributed by atoms with E-state index in [9.17, 15) is 32.3 Å². The largest absolute Gasteiger partial charge is 0.393 e. The highest BCUT2D eigenvalue weighted by Crippen LogP contribution is 2.30. The number of nitrogens with one attached hydrogen (secondary N) is 2. The maximum Gasteiger partial charge on any atom is 0.253 e. The van der Waals surface area contributed by atoms with Crippen LogP contribution in [-0.4, -0.2) is 74.7 Å². The van der Waals surface area contributed by atoms with Crippen molar-refractivity contribution >= 4 is 82.9 Å². The van der Waals surface area contributed by atoms with Crippen LogP contribution in [0.15, 0.2) is 90.8 Å². The van der Waals surface area contributed by atoms with Crippen molar-refractivity contribution in [3.63, 3.8) is 0 Å². The molecule has 0 fully saturated rings. The Balaban J connectivity index is 0.000000177. The SMILES string of the molecule is C=Cc1cnc(N2CC=C(C(=O)Nc3nc4ccc(F)cc4s3)CC2)c(F)c1.O=C(Nc1nc2ccc(F)cc2s1)C1=CCN(c2ncc([C@H](O)CO)cc2F)CC1. The van der Waals surface area contributed by atoms with E-state index < -0.39 is 24.3 Å². The molecule has 0 radical (unpaired) electrons. The first-order chi connectivity index (χ1) is 28.0. The fourth-order valence-electron chi connectivity index (χ4n) is 6.15. The van der Waals surface area contributed by atoms with Gasteiger partial charge in [0.15, 0.2) is 33.5 Å². The summed E-state index contributed by atoms with van der Waals surface area (Å²) in [5.41, 5.74) is 3.20. The van der Waals surface area contributed by atoms with E-state index in [2.05, 4.69) is 37.1 Å². The van der Waals surface area contributed by atoms with Crippen LogP contribution in [0.2, 0.25) is 0 Å². The van der Waals surface area contributed by atoms with Gasteiger partial charge < -0.3 is 20.0 Å². The second kappa shape index (κ2) is 17.6. The van der Waals surface area contributed by atoms with Crippen molar-refractivity contribution in [3.05, 3.63) is 125 Å². The van der Waals surface area contributed by atoms with E-state index in [1.165, 1.54) is 65.3 Å². The monoisotopic (exact) mass is 830 g/mol. The molecule has 6 heterocycles. The predicted molar refractivity (Wildman–Crippen MR) is 217 cm³/mol. The quantitative estimate of drug-likeness (QED) is 0.110. The summed E-state index contributed by atoms with van der Waals surface area (Å²) in [7, 11) is 0. The van der Waals surface area contributed by atoms with E-state index in [0.29, 0.717) is 86.4 Å². The Kier molecular flexibility index (Phi) is 12.2. The van der Waals surface area contributed by atoms with Gasteiger partial charge in [0.2, 0.25) is 0 Å². The first kappa shape index (κ1) is 40.1. The molecule has 1 atom stereocenters. The smallest absolute Gasteiger partial charge is 0.253 e. The molecule has 0 bridgehead atoms. The number of hydrogen-bond donors (Lipinski definition) is 4. The number of benzene rings is 2. The van der Waals surface area contributed by atoms with Crippen LogP contribution in [0.5, 0.6) is 0 Å². The Morgan fingerprint density at radius 3 is 1.71 bits per heavy atom. The lowest BCUT2D eigenvalue weighted by Crippen LogP contribution is -2.32. The lowest BCUT2D eigenvalue weighted by Gasteiger charge is -2.27. The van der Waals surface area contributed by atoms with Crippen molar-refractivity contribution in [3.8, 4) is 0 Å². The highest BCUT2D eigenvalue weighted by molar-refractivity contribution is 7.22. The molecule has 0 spiro atoms. The zero-order valence-electron chi connectivity index (χ0n) is 30.5. The molecule has 0 aliphatic carbocycles. The number of pyridine rings is 2. The number of fused-ring (bicyclic) bond motifs is 2. The minimum atomic E-state index is -1.18. The van der Waals surface area contributed by atoms with Gasteiger partial charge in [0.25, 0.3) is 11.8 Å². The third-order valence-corrected chi connectivity index (χ3v) is 11.1. The Morgan fingerprint density at radius 2 is 1.28 bits per heavy atom. The van der Waals surface area contributed by atoms with Gasteiger partial charge in [-0.15, -0.1) is 0 Å². The third-order valence-electron chi connectivity index (χ3n) is 9.22. The van der Waals surface area contributed by atoms with E-state index >= 15 is 0 Å². The van der Waals surface area contributed by atoms with Gasteiger partial charge in [0, 0.05) is 55.3 Å². The van der Waals surface area contributed by atoms with Gasteiger partial charge in [-0.2, -0.15) is 0 Å². The summed E-state index contributed by atoms with van der Waals surface area (Å²) in [6.45, 7) is 4.61. The molecule has 0 saturated carbocycles. The minimum Gasteiger partial charge on any atom is -0.393 e. The highest BCUT2D eigenvalue weighted by atomic mass is 32.1. The van der Waals surface area contributed by atoms with Crippen molar-refractivity contribution in [2.45, 2.75) is 18.9 Å². The van der Waals surface area contributed by atoms with Crippen molar-refractivity contribution in [2.75, 3.05) is 53.2 Å². The standard InChI is InChI=1S/C20H18F2N4O3S.C20H16F2N4OS/c21-13-1-2-15-17(8-13)30-20(24-15)25-19(29)11-3-5-26(6-4-11)18-14(22)7-12(9-23-18)16(28)10-27;1-2-12-9-15(22)18(23-11-12)26-7-5-13(6-8-26)19(27)25-20-24-16-4-3-14(21)10-17(16)28-20/h1-3,7-9,16,27-28H,4-6,10H2,(H,24,25,29);2-5,9-11H,1,6-8H2,(H,24,25,27)/t16-;/m1./s1. The fraction of sp³-hybridized carbons (Fsp3) is 0.200. The molecule has 12 nitrogen and oxygen atoms in total. The van der Waals surface area contributed by atoms with Crippen molar-refractivity contribution in [2.24, 2.45) is 0 Å². The molecule has 2 aliphatic heterocycles. The molecule has 0 unspecified atom stereocenters. The molecular formula is C40H34F4N8O4S2. The van der Waals surface area contributed by atoms with Crippen LogP contribution in [0.25, 0.3) is 26.5 Å². The van der Waals surface area contributed by atoms with Gasteiger partial charge in [-0.1, -0.05) is 47.5 Å². The molecule has 2 amide bonds.